The van der Waals surface area contributed by atoms with Crippen LogP contribution in [0.5, 0.6) is 0 Å². The Morgan fingerprint density at radius 1 is 1.16 bits per heavy atom. The fourth-order valence-electron chi connectivity index (χ4n) is 3.89. The molecular formula is C16H23F3N4O2. The average molecular weight is 360 g/mol. The Bertz CT molecular complexity index is 681. The van der Waals surface area contributed by atoms with E-state index in [9.17, 15) is 22.8 Å². The van der Waals surface area contributed by atoms with E-state index in [1.807, 2.05) is 0 Å². The van der Waals surface area contributed by atoms with Gasteiger partial charge in [-0.1, -0.05) is 12.8 Å². The highest BCUT2D eigenvalue weighted by molar-refractivity contribution is 5.76. The number of carbonyl (C=O) groups excluding carboxylic acids is 1. The summed E-state index contributed by atoms with van der Waals surface area (Å²) in [7, 11) is 1.08. The molecule has 0 spiro atoms. The number of piperidine rings is 1. The lowest BCUT2D eigenvalue weighted by atomic mass is 10.0. The van der Waals surface area contributed by atoms with Crippen LogP contribution in [0.1, 0.15) is 56.8 Å². The quantitative estimate of drug-likeness (QED) is 0.831. The van der Waals surface area contributed by atoms with Gasteiger partial charge in [0.15, 0.2) is 0 Å². The van der Waals surface area contributed by atoms with Crippen molar-refractivity contribution in [2.75, 3.05) is 13.1 Å². The van der Waals surface area contributed by atoms with Crippen molar-refractivity contribution in [2.45, 2.75) is 57.2 Å². The summed E-state index contributed by atoms with van der Waals surface area (Å²) in [6.07, 6.45) is 1.38. The van der Waals surface area contributed by atoms with Gasteiger partial charge in [0.05, 0.1) is 6.04 Å². The monoisotopic (exact) mass is 360 g/mol. The van der Waals surface area contributed by atoms with Gasteiger partial charge in [0.25, 0.3) is 0 Å². The summed E-state index contributed by atoms with van der Waals surface area (Å²) in [6.45, 7) is 0.918. The highest BCUT2D eigenvalue weighted by Crippen LogP contribution is 2.30. The highest BCUT2D eigenvalue weighted by atomic mass is 19.4. The van der Waals surface area contributed by atoms with Crippen LogP contribution in [-0.4, -0.2) is 38.2 Å². The summed E-state index contributed by atoms with van der Waals surface area (Å²) in [4.78, 5) is 26.2. The van der Waals surface area contributed by atoms with Crippen LogP contribution in [0.3, 0.4) is 0 Å². The average Bonchev–Trinajstić information content (AvgIpc) is 3.16. The van der Waals surface area contributed by atoms with Gasteiger partial charge in [0.1, 0.15) is 0 Å². The molecule has 0 unspecified atom stereocenters. The fourth-order valence-corrected chi connectivity index (χ4v) is 3.89. The third kappa shape index (κ3) is 3.74. The number of aromatic nitrogens is 3. The molecule has 25 heavy (non-hydrogen) atoms. The van der Waals surface area contributed by atoms with E-state index in [-0.39, 0.29) is 5.91 Å². The van der Waals surface area contributed by atoms with E-state index in [2.05, 4.69) is 5.10 Å². The van der Waals surface area contributed by atoms with Crippen LogP contribution in [0.4, 0.5) is 13.2 Å². The van der Waals surface area contributed by atoms with E-state index in [4.69, 9.17) is 0 Å². The number of nitrogens with zero attached hydrogens (tertiary/aromatic N) is 4. The van der Waals surface area contributed by atoms with E-state index < -0.39 is 23.7 Å². The number of hydrogen-bond acceptors (Lipinski definition) is 3. The van der Waals surface area contributed by atoms with Gasteiger partial charge in [-0.2, -0.15) is 13.2 Å². The van der Waals surface area contributed by atoms with Crippen LogP contribution in [-0.2, 0) is 18.0 Å². The zero-order valence-electron chi connectivity index (χ0n) is 14.3. The van der Waals surface area contributed by atoms with Gasteiger partial charge < -0.3 is 4.90 Å². The maximum atomic E-state index is 12.9. The Kier molecular flexibility index (Phi) is 4.92. The molecule has 0 aromatic carbocycles. The van der Waals surface area contributed by atoms with Crippen LogP contribution in [0.15, 0.2) is 4.79 Å². The Hall–Kier alpha value is -1.80. The predicted molar refractivity (Wildman–Crippen MR) is 83.9 cm³/mol. The molecule has 1 amide bonds. The van der Waals surface area contributed by atoms with Gasteiger partial charge in [-0.3, -0.25) is 9.36 Å². The lowest BCUT2D eigenvalue weighted by molar-refractivity contribution is -0.147. The molecule has 2 aliphatic rings. The Balaban J connectivity index is 1.62. The first-order valence-corrected chi connectivity index (χ1v) is 8.78. The van der Waals surface area contributed by atoms with Crippen molar-refractivity contribution in [1.29, 1.82) is 0 Å². The van der Waals surface area contributed by atoms with E-state index in [0.717, 1.165) is 24.6 Å². The minimum Gasteiger partial charge on any atom is -0.343 e. The van der Waals surface area contributed by atoms with Crippen molar-refractivity contribution in [3.63, 3.8) is 0 Å². The summed E-state index contributed by atoms with van der Waals surface area (Å²) in [6, 6.07) is -0.398. The van der Waals surface area contributed by atoms with Crippen molar-refractivity contribution in [3.05, 3.63) is 16.3 Å². The maximum absolute atomic E-state index is 12.9. The first kappa shape index (κ1) is 18.0. The lowest BCUT2D eigenvalue weighted by Crippen LogP contribution is -2.41. The fraction of sp³-hybridized carbons (Fsp3) is 0.812. The molecule has 2 heterocycles. The molecule has 0 atom stereocenters. The predicted octanol–water partition coefficient (Wildman–Crippen LogP) is 2.34. The summed E-state index contributed by atoms with van der Waals surface area (Å²) in [5, 5.41) is 3.50. The lowest BCUT2D eigenvalue weighted by Gasteiger charge is -2.32. The molecule has 3 rings (SSSR count). The molecule has 2 fully saturated rings. The molecule has 9 heteroatoms. The van der Waals surface area contributed by atoms with E-state index in [1.165, 1.54) is 12.8 Å². The van der Waals surface area contributed by atoms with Gasteiger partial charge in [-0.25, -0.2) is 9.48 Å². The van der Waals surface area contributed by atoms with Crippen LogP contribution in [0, 0.1) is 5.92 Å². The SMILES string of the molecule is Cn1c(C(F)(F)F)nn(C2CCN(C(=O)CC3CCCC3)CC2)c1=O. The summed E-state index contributed by atoms with van der Waals surface area (Å²) < 4.78 is 40.1. The van der Waals surface area contributed by atoms with Crippen molar-refractivity contribution in [1.82, 2.24) is 19.2 Å². The molecule has 0 bridgehead atoms. The Morgan fingerprint density at radius 3 is 2.28 bits per heavy atom. The maximum Gasteiger partial charge on any atom is 0.451 e. The zero-order chi connectivity index (χ0) is 18.2. The van der Waals surface area contributed by atoms with E-state index in [0.29, 0.717) is 42.8 Å². The highest BCUT2D eigenvalue weighted by Gasteiger charge is 2.39. The smallest absolute Gasteiger partial charge is 0.343 e. The molecule has 1 aromatic rings. The van der Waals surface area contributed by atoms with Gasteiger partial charge in [0, 0.05) is 26.6 Å². The second-order valence-corrected chi connectivity index (χ2v) is 7.07. The molecule has 0 N–H and O–H groups in total. The molecular weight excluding hydrogens is 337 g/mol. The molecule has 6 nitrogen and oxygen atoms in total. The molecule has 1 aliphatic heterocycles. The van der Waals surface area contributed by atoms with Crippen molar-refractivity contribution >= 4 is 5.91 Å². The number of amides is 1. The molecule has 0 radical (unpaired) electrons. The van der Waals surface area contributed by atoms with E-state index in [1.54, 1.807) is 4.90 Å². The first-order valence-electron chi connectivity index (χ1n) is 8.78. The van der Waals surface area contributed by atoms with Crippen LogP contribution >= 0.6 is 0 Å². The standard InChI is InChI=1S/C16H23F3N4O2/c1-21-14(16(17,18)19)20-23(15(21)25)12-6-8-22(9-7-12)13(24)10-11-4-2-3-5-11/h11-12H,2-10H2,1H3. The van der Waals surface area contributed by atoms with Crippen LogP contribution < -0.4 is 5.69 Å². The van der Waals surface area contributed by atoms with Crippen molar-refractivity contribution in [3.8, 4) is 0 Å². The number of halogens is 3. The van der Waals surface area contributed by atoms with Gasteiger partial charge >= 0.3 is 11.9 Å². The Morgan fingerprint density at radius 2 is 1.76 bits per heavy atom. The third-order valence-corrected chi connectivity index (χ3v) is 5.36. The number of carbonyl (C=O) groups is 1. The van der Waals surface area contributed by atoms with Gasteiger partial charge in [-0.05, 0) is 31.6 Å². The van der Waals surface area contributed by atoms with Crippen LogP contribution in [0.2, 0.25) is 0 Å². The van der Waals surface area contributed by atoms with E-state index >= 15 is 0 Å². The largest absolute Gasteiger partial charge is 0.451 e. The summed E-state index contributed by atoms with van der Waals surface area (Å²) >= 11 is 0. The second kappa shape index (κ2) is 6.84. The first-order chi connectivity index (χ1) is 11.8. The Labute approximate surface area is 143 Å². The minimum atomic E-state index is -4.66. The molecule has 1 saturated carbocycles. The number of hydrogen-bond donors (Lipinski definition) is 0. The molecule has 1 saturated heterocycles. The molecule has 1 aromatic heterocycles. The normalized spacial score (nSPS) is 20.4. The number of alkyl halides is 3. The number of rotatable bonds is 3. The third-order valence-electron chi connectivity index (χ3n) is 5.36. The zero-order valence-corrected chi connectivity index (χ0v) is 14.3. The van der Waals surface area contributed by atoms with Crippen molar-refractivity contribution < 1.29 is 18.0 Å². The number of likely N-dealkylation sites (tertiary alicyclic amines) is 1. The molecule has 140 valence electrons. The van der Waals surface area contributed by atoms with Gasteiger partial charge in [-0.15, -0.1) is 5.10 Å². The summed E-state index contributed by atoms with van der Waals surface area (Å²) in [5.41, 5.74) is -0.761. The summed E-state index contributed by atoms with van der Waals surface area (Å²) in [5.74, 6) is -0.593. The molecule has 1 aliphatic carbocycles. The minimum absolute atomic E-state index is 0.120. The van der Waals surface area contributed by atoms with Crippen molar-refractivity contribution in [2.24, 2.45) is 13.0 Å². The second-order valence-electron chi connectivity index (χ2n) is 7.07. The topological polar surface area (TPSA) is 60.1 Å². The van der Waals surface area contributed by atoms with Gasteiger partial charge in [0.2, 0.25) is 11.7 Å². The van der Waals surface area contributed by atoms with Crippen LogP contribution in [0.25, 0.3) is 0 Å².